The van der Waals surface area contributed by atoms with Gasteiger partial charge >= 0.3 is 0 Å². The van der Waals surface area contributed by atoms with Gasteiger partial charge in [-0.05, 0) is 37.7 Å². The predicted octanol–water partition coefficient (Wildman–Crippen LogP) is 3.69. The minimum absolute atomic E-state index is 0.335. The number of carbonyl (C=O) groups excluding carboxylic acids is 1. The minimum Gasteiger partial charge on any atom is -0.339 e. The van der Waals surface area contributed by atoms with Gasteiger partial charge in [-0.1, -0.05) is 31.0 Å². The zero-order valence-corrected chi connectivity index (χ0v) is 14.6. The Kier molecular flexibility index (Phi) is 4.30. The summed E-state index contributed by atoms with van der Waals surface area (Å²) in [7, 11) is 1.98. The molecule has 2 atom stereocenters. The van der Waals surface area contributed by atoms with Crippen molar-refractivity contribution < 1.29 is 4.79 Å². The molecule has 4 rings (SSSR count). The highest BCUT2D eigenvalue weighted by Gasteiger charge is 2.35. The first-order valence-corrected chi connectivity index (χ1v) is 9.44. The third kappa shape index (κ3) is 2.83. The third-order valence-electron chi connectivity index (χ3n) is 5.97. The van der Waals surface area contributed by atoms with E-state index in [2.05, 4.69) is 22.1 Å². The fraction of sp³-hybridized carbons (Fsp3) is 0.600. The van der Waals surface area contributed by atoms with Crippen LogP contribution in [-0.4, -0.2) is 33.2 Å². The van der Waals surface area contributed by atoms with Crippen LogP contribution in [0.1, 0.15) is 50.6 Å². The molecule has 0 bridgehead atoms. The molecule has 1 aliphatic heterocycles. The van der Waals surface area contributed by atoms with Crippen molar-refractivity contribution in [3.8, 4) is 0 Å². The maximum Gasteiger partial charge on any atom is 0.223 e. The van der Waals surface area contributed by atoms with Gasteiger partial charge in [-0.15, -0.1) is 0 Å². The molecule has 4 heteroatoms. The molecule has 2 unspecified atom stereocenters. The molecule has 1 aliphatic carbocycles. The Morgan fingerprint density at radius 3 is 2.88 bits per heavy atom. The van der Waals surface area contributed by atoms with Crippen molar-refractivity contribution in [3.63, 3.8) is 0 Å². The van der Waals surface area contributed by atoms with E-state index in [0.717, 1.165) is 30.1 Å². The molecule has 2 heterocycles. The van der Waals surface area contributed by atoms with E-state index in [1.54, 1.807) is 0 Å². The van der Waals surface area contributed by atoms with E-state index in [1.807, 2.05) is 23.9 Å². The average molecular weight is 325 g/mol. The predicted molar refractivity (Wildman–Crippen MR) is 95.7 cm³/mol. The molecular formula is C20H27N3O. The lowest BCUT2D eigenvalue weighted by atomic mass is 9.78. The van der Waals surface area contributed by atoms with Gasteiger partial charge in [-0.25, -0.2) is 0 Å². The summed E-state index contributed by atoms with van der Waals surface area (Å²) >= 11 is 0. The van der Waals surface area contributed by atoms with E-state index >= 15 is 0 Å². The van der Waals surface area contributed by atoms with Crippen LogP contribution in [0.5, 0.6) is 0 Å². The normalized spacial score (nSPS) is 24.1. The molecule has 1 aromatic heterocycles. The smallest absolute Gasteiger partial charge is 0.223 e. The van der Waals surface area contributed by atoms with Crippen LogP contribution in [0, 0.1) is 5.92 Å². The Morgan fingerprint density at radius 2 is 1.96 bits per heavy atom. The van der Waals surface area contributed by atoms with E-state index in [1.165, 1.54) is 43.9 Å². The van der Waals surface area contributed by atoms with Crippen LogP contribution in [0.2, 0.25) is 0 Å². The largest absolute Gasteiger partial charge is 0.339 e. The number of carbonyl (C=O) groups is 1. The molecule has 0 radical (unpaired) electrons. The lowest BCUT2D eigenvalue weighted by molar-refractivity contribution is -0.137. The molecule has 1 amide bonds. The van der Waals surface area contributed by atoms with Crippen molar-refractivity contribution in [2.45, 2.75) is 57.4 Å². The number of benzene rings is 1. The standard InChI is InChI=1S/C20H27N3O/c1-22-19-11-5-3-9-16(19)17(21-22)12-13-20(24)23-14-6-8-15-7-2-4-10-18(15)23/h3,5,9,11,15,18H,2,4,6-8,10,12-14H2,1H3. The van der Waals surface area contributed by atoms with Crippen LogP contribution in [0.4, 0.5) is 0 Å². The summed E-state index contributed by atoms with van der Waals surface area (Å²) in [6.45, 7) is 0.961. The second-order valence-corrected chi connectivity index (χ2v) is 7.43. The number of rotatable bonds is 3. The summed E-state index contributed by atoms with van der Waals surface area (Å²) in [6, 6.07) is 8.80. The van der Waals surface area contributed by atoms with Gasteiger partial charge in [-0.2, -0.15) is 5.10 Å². The highest BCUT2D eigenvalue weighted by molar-refractivity contribution is 5.83. The van der Waals surface area contributed by atoms with E-state index in [9.17, 15) is 4.79 Å². The van der Waals surface area contributed by atoms with Gasteiger partial charge < -0.3 is 4.90 Å². The number of aromatic nitrogens is 2. The first-order chi connectivity index (χ1) is 11.7. The van der Waals surface area contributed by atoms with Crippen LogP contribution in [0.25, 0.3) is 10.9 Å². The van der Waals surface area contributed by atoms with Crippen LogP contribution in [-0.2, 0) is 18.3 Å². The minimum atomic E-state index is 0.335. The number of hydrogen-bond acceptors (Lipinski definition) is 2. The van der Waals surface area contributed by atoms with E-state index in [4.69, 9.17) is 0 Å². The maximum absolute atomic E-state index is 12.9. The number of likely N-dealkylation sites (tertiary alicyclic amines) is 1. The van der Waals surface area contributed by atoms with E-state index < -0.39 is 0 Å². The zero-order valence-electron chi connectivity index (χ0n) is 14.6. The van der Waals surface area contributed by atoms with Crippen LogP contribution in [0.15, 0.2) is 24.3 Å². The summed E-state index contributed by atoms with van der Waals surface area (Å²) in [5, 5.41) is 5.82. The Hall–Kier alpha value is -1.84. The molecule has 2 aromatic rings. The van der Waals surface area contributed by atoms with Gasteiger partial charge in [0.1, 0.15) is 0 Å². The first kappa shape index (κ1) is 15.7. The maximum atomic E-state index is 12.9. The van der Waals surface area contributed by atoms with Crippen molar-refractivity contribution in [1.82, 2.24) is 14.7 Å². The van der Waals surface area contributed by atoms with Crippen molar-refractivity contribution in [1.29, 1.82) is 0 Å². The molecule has 1 aromatic carbocycles. The summed E-state index contributed by atoms with van der Waals surface area (Å²) in [6.07, 6.45) is 9.00. The molecule has 1 saturated carbocycles. The van der Waals surface area contributed by atoms with Crippen LogP contribution >= 0.6 is 0 Å². The van der Waals surface area contributed by atoms with Gasteiger partial charge in [-0.3, -0.25) is 9.48 Å². The number of piperidine rings is 1. The van der Waals surface area contributed by atoms with Crippen LogP contribution in [0.3, 0.4) is 0 Å². The third-order valence-corrected chi connectivity index (χ3v) is 5.97. The summed E-state index contributed by atoms with van der Waals surface area (Å²) in [5.41, 5.74) is 2.20. The number of hydrogen-bond donors (Lipinski definition) is 0. The Balaban J connectivity index is 1.46. The monoisotopic (exact) mass is 325 g/mol. The van der Waals surface area contributed by atoms with E-state index in [0.29, 0.717) is 18.4 Å². The molecule has 0 N–H and O–H groups in total. The Bertz CT molecular complexity index is 734. The number of nitrogens with zero attached hydrogens (tertiary/aromatic N) is 3. The van der Waals surface area contributed by atoms with Gasteiger partial charge in [0.05, 0.1) is 11.2 Å². The lowest BCUT2D eigenvalue weighted by Crippen LogP contribution is -2.49. The van der Waals surface area contributed by atoms with Crippen molar-refractivity contribution in [2.24, 2.45) is 13.0 Å². The number of amides is 1. The quantitative estimate of drug-likeness (QED) is 0.863. The van der Waals surface area contributed by atoms with Gasteiger partial charge in [0.25, 0.3) is 0 Å². The number of para-hydroxylation sites is 1. The fourth-order valence-electron chi connectivity index (χ4n) is 4.78. The molecular weight excluding hydrogens is 298 g/mol. The number of aryl methyl sites for hydroxylation is 2. The highest BCUT2D eigenvalue weighted by atomic mass is 16.2. The van der Waals surface area contributed by atoms with Crippen molar-refractivity contribution in [2.75, 3.05) is 6.54 Å². The SMILES string of the molecule is Cn1nc(CCC(=O)N2CCCC3CCCCC32)c2ccccc21. The zero-order chi connectivity index (χ0) is 16.5. The molecule has 0 spiro atoms. The average Bonchev–Trinajstić information content (AvgIpc) is 2.95. The molecule has 1 saturated heterocycles. The first-order valence-electron chi connectivity index (χ1n) is 9.44. The van der Waals surface area contributed by atoms with Gasteiger partial charge in [0.2, 0.25) is 5.91 Å². The molecule has 128 valence electrons. The van der Waals surface area contributed by atoms with Crippen molar-refractivity contribution >= 4 is 16.8 Å². The molecule has 24 heavy (non-hydrogen) atoms. The second kappa shape index (κ2) is 6.58. The van der Waals surface area contributed by atoms with Crippen molar-refractivity contribution in [3.05, 3.63) is 30.0 Å². The summed E-state index contributed by atoms with van der Waals surface area (Å²) in [5.74, 6) is 1.09. The summed E-state index contributed by atoms with van der Waals surface area (Å²) in [4.78, 5) is 15.1. The Morgan fingerprint density at radius 1 is 1.17 bits per heavy atom. The fourth-order valence-corrected chi connectivity index (χ4v) is 4.78. The molecule has 2 fully saturated rings. The van der Waals surface area contributed by atoms with Gasteiger partial charge in [0.15, 0.2) is 0 Å². The topological polar surface area (TPSA) is 38.1 Å². The highest BCUT2D eigenvalue weighted by Crippen LogP contribution is 2.35. The number of fused-ring (bicyclic) bond motifs is 2. The summed E-state index contributed by atoms with van der Waals surface area (Å²) < 4.78 is 1.92. The van der Waals surface area contributed by atoms with Crippen LogP contribution < -0.4 is 0 Å². The molecule has 4 nitrogen and oxygen atoms in total. The van der Waals surface area contributed by atoms with E-state index in [-0.39, 0.29) is 0 Å². The van der Waals surface area contributed by atoms with Gasteiger partial charge in [0, 0.05) is 37.9 Å². The molecule has 2 aliphatic rings. The second-order valence-electron chi connectivity index (χ2n) is 7.43. The lowest BCUT2D eigenvalue weighted by Gasteiger charge is -2.44. The Labute approximate surface area is 143 Å².